The van der Waals surface area contributed by atoms with Gasteiger partial charge in [-0.1, -0.05) is 44.9 Å². The molecule has 1 atom stereocenters. The predicted octanol–water partition coefficient (Wildman–Crippen LogP) is 4.15. The van der Waals surface area contributed by atoms with E-state index < -0.39 is 5.97 Å². The van der Waals surface area contributed by atoms with E-state index in [2.05, 4.69) is 23.4 Å². The first-order valence-electron chi connectivity index (χ1n) is 8.08. The minimum Gasteiger partial charge on any atom is -0.481 e. The summed E-state index contributed by atoms with van der Waals surface area (Å²) in [4.78, 5) is 15.3. The lowest BCUT2D eigenvalue weighted by Gasteiger charge is -2.32. The Hall–Kier alpha value is -0.970. The molecule has 118 valence electrons. The molecule has 1 N–H and O–H groups in total. The average Bonchev–Trinajstić information content (AvgIpc) is 2.90. The Morgan fingerprint density at radius 3 is 2.71 bits per heavy atom. The van der Waals surface area contributed by atoms with Crippen LogP contribution in [0.4, 0.5) is 0 Å². The van der Waals surface area contributed by atoms with Crippen LogP contribution in [0.5, 0.6) is 0 Å². The Kier molecular flexibility index (Phi) is 6.15. The van der Waals surface area contributed by atoms with E-state index in [1.54, 1.807) is 0 Å². The molecule has 5 heteroatoms. The van der Waals surface area contributed by atoms with Gasteiger partial charge in [0.1, 0.15) is 0 Å². The molecule has 1 fully saturated rings. The molecule has 21 heavy (non-hydrogen) atoms. The summed E-state index contributed by atoms with van der Waals surface area (Å²) in [5.74, 6) is 0.0205. The molecule has 0 saturated heterocycles. The van der Waals surface area contributed by atoms with E-state index in [-0.39, 0.29) is 5.75 Å². The van der Waals surface area contributed by atoms with E-state index in [1.807, 2.05) is 6.20 Å². The molecule has 1 aliphatic rings. The summed E-state index contributed by atoms with van der Waals surface area (Å²) >= 11 is 1.35. The number of carbonyl (C=O) groups is 1. The molecular weight excluding hydrogens is 284 g/mol. The summed E-state index contributed by atoms with van der Waals surface area (Å²) in [5.41, 5.74) is 1.24. The topological polar surface area (TPSA) is 55.1 Å². The van der Waals surface area contributed by atoms with Crippen molar-refractivity contribution in [3.63, 3.8) is 0 Å². The fourth-order valence-corrected chi connectivity index (χ4v) is 4.24. The van der Waals surface area contributed by atoms with Gasteiger partial charge in [-0.3, -0.25) is 4.79 Å². The van der Waals surface area contributed by atoms with Gasteiger partial charge in [0.05, 0.1) is 5.75 Å². The van der Waals surface area contributed by atoms with Gasteiger partial charge >= 0.3 is 5.97 Å². The highest BCUT2D eigenvalue weighted by atomic mass is 32.2. The maximum atomic E-state index is 10.8. The van der Waals surface area contributed by atoms with Crippen molar-refractivity contribution in [2.75, 3.05) is 5.75 Å². The summed E-state index contributed by atoms with van der Waals surface area (Å²) in [6.07, 6.45) is 10.6. The maximum Gasteiger partial charge on any atom is 0.313 e. The van der Waals surface area contributed by atoms with Crippen LogP contribution < -0.4 is 0 Å². The van der Waals surface area contributed by atoms with Gasteiger partial charge in [-0.25, -0.2) is 4.98 Å². The van der Waals surface area contributed by atoms with Gasteiger partial charge in [-0.05, 0) is 31.6 Å². The number of carboxylic acid groups (broad SMARTS) is 1. The van der Waals surface area contributed by atoms with Gasteiger partial charge in [0.2, 0.25) is 0 Å². The Morgan fingerprint density at radius 2 is 2.14 bits per heavy atom. The fourth-order valence-electron chi connectivity index (χ4n) is 3.47. The molecule has 0 radical (unpaired) electrons. The maximum absolute atomic E-state index is 10.8. The first kappa shape index (κ1) is 16.4. The van der Waals surface area contributed by atoms with Crippen LogP contribution in [0.2, 0.25) is 0 Å². The molecule has 0 amide bonds. The highest BCUT2D eigenvalue weighted by Gasteiger charge is 2.27. The van der Waals surface area contributed by atoms with Crippen molar-refractivity contribution in [1.82, 2.24) is 9.55 Å². The van der Waals surface area contributed by atoms with Crippen molar-refractivity contribution >= 4 is 17.7 Å². The largest absolute Gasteiger partial charge is 0.481 e. The molecule has 1 aliphatic carbocycles. The predicted molar refractivity (Wildman–Crippen MR) is 85.9 cm³/mol. The van der Waals surface area contributed by atoms with Crippen LogP contribution in [0.15, 0.2) is 11.4 Å². The molecule has 1 saturated carbocycles. The van der Waals surface area contributed by atoms with Crippen LogP contribution in [0.25, 0.3) is 0 Å². The highest BCUT2D eigenvalue weighted by Crippen LogP contribution is 2.37. The number of carboxylic acids is 1. The normalized spacial score (nSPS) is 17.8. The third-order valence-electron chi connectivity index (χ3n) is 4.47. The molecule has 0 spiro atoms. The third-order valence-corrected chi connectivity index (χ3v) is 5.42. The zero-order valence-electron chi connectivity index (χ0n) is 13.0. The summed E-state index contributed by atoms with van der Waals surface area (Å²) in [7, 11) is 0. The second kappa shape index (κ2) is 7.87. The van der Waals surface area contributed by atoms with Crippen LogP contribution >= 0.6 is 11.8 Å². The molecule has 1 aromatic rings. The zero-order valence-corrected chi connectivity index (χ0v) is 13.9. The smallest absolute Gasteiger partial charge is 0.313 e. The number of aliphatic carboxylic acids is 1. The van der Waals surface area contributed by atoms with E-state index in [1.165, 1.54) is 49.6 Å². The molecule has 0 aliphatic heterocycles. The van der Waals surface area contributed by atoms with Gasteiger partial charge in [0.25, 0.3) is 0 Å². The van der Waals surface area contributed by atoms with Crippen molar-refractivity contribution in [1.29, 1.82) is 0 Å². The molecule has 0 aromatic carbocycles. The summed E-state index contributed by atoms with van der Waals surface area (Å²) in [6.45, 7) is 4.39. The summed E-state index contributed by atoms with van der Waals surface area (Å²) < 4.78 is 2.34. The number of aryl methyl sites for hydroxylation is 1. The van der Waals surface area contributed by atoms with Gasteiger partial charge in [-0.15, -0.1) is 0 Å². The lowest BCUT2D eigenvalue weighted by Crippen LogP contribution is -2.23. The molecular formula is C16H26N2O2S. The van der Waals surface area contributed by atoms with E-state index in [0.29, 0.717) is 12.0 Å². The van der Waals surface area contributed by atoms with E-state index in [4.69, 9.17) is 5.11 Å². The quantitative estimate of drug-likeness (QED) is 0.769. The Balaban J connectivity index is 2.24. The number of thioether (sulfide) groups is 1. The number of nitrogens with zero attached hydrogens (tertiary/aromatic N) is 2. The second-order valence-corrected chi connectivity index (χ2v) is 6.75. The lowest BCUT2D eigenvalue weighted by atomic mass is 9.82. The molecule has 1 heterocycles. The van der Waals surface area contributed by atoms with Crippen LogP contribution in [-0.4, -0.2) is 26.4 Å². The minimum absolute atomic E-state index is 0.0846. The van der Waals surface area contributed by atoms with E-state index in [9.17, 15) is 4.79 Å². The van der Waals surface area contributed by atoms with Crippen molar-refractivity contribution in [2.24, 2.45) is 5.92 Å². The highest BCUT2D eigenvalue weighted by molar-refractivity contribution is 7.99. The van der Waals surface area contributed by atoms with Crippen molar-refractivity contribution in [2.45, 2.75) is 70.0 Å². The van der Waals surface area contributed by atoms with E-state index >= 15 is 0 Å². The standard InChI is InChI=1S/C16H26N2O2S/c1-3-13-10-17-16(21-11-15(19)20)18(13)14(4-2)12-8-6-5-7-9-12/h10,12,14H,3-9,11H2,1-2H3,(H,19,20). The van der Waals surface area contributed by atoms with E-state index in [0.717, 1.165) is 18.0 Å². The average molecular weight is 310 g/mol. The van der Waals surface area contributed by atoms with Gasteiger partial charge in [0, 0.05) is 17.9 Å². The van der Waals surface area contributed by atoms with Crippen LogP contribution in [-0.2, 0) is 11.2 Å². The minimum atomic E-state index is -0.779. The van der Waals surface area contributed by atoms with Crippen molar-refractivity contribution < 1.29 is 9.90 Å². The summed E-state index contributed by atoms with van der Waals surface area (Å²) in [5, 5.41) is 9.80. The first-order valence-corrected chi connectivity index (χ1v) is 9.06. The Bertz CT molecular complexity index is 467. The number of imidazole rings is 1. The van der Waals surface area contributed by atoms with Gasteiger partial charge < -0.3 is 9.67 Å². The van der Waals surface area contributed by atoms with Gasteiger partial charge in [-0.2, -0.15) is 0 Å². The van der Waals surface area contributed by atoms with Crippen molar-refractivity contribution in [3.8, 4) is 0 Å². The second-order valence-electron chi connectivity index (χ2n) is 5.81. The SMILES string of the molecule is CCc1cnc(SCC(=O)O)n1C(CC)C1CCCCC1. The lowest BCUT2D eigenvalue weighted by molar-refractivity contribution is -0.133. The number of hydrogen-bond donors (Lipinski definition) is 1. The first-order chi connectivity index (χ1) is 10.2. The van der Waals surface area contributed by atoms with Crippen molar-refractivity contribution in [3.05, 3.63) is 11.9 Å². The third kappa shape index (κ3) is 4.02. The Morgan fingerprint density at radius 1 is 1.43 bits per heavy atom. The zero-order chi connectivity index (χ0) is 15.2. The molecule has 1 unspecified atom stereocenters. The van der Waals surface area contributed by atoms with Gasteiger partial charge in [0.15, 0.2) is 5.16 Å². The van der Waals surface area contributed by atoms with Crippen LogP contribution in [0.1, 0.15) is 64.1 Å². The Labute approximate surface area is 131 Å². The fraction of sp³-hybridized carbons (Fsp3) is 0.750. The monoisotopic (exact) mass is 310 g/mol. The number of aromatic nitrogens is 2. The molecule has 0 bridgehead atoms. The van der Waals surface area contributed by atoms with Crippen LogP contribution in [0, 0.1) is 5.92 Å². The summed E-state index contributed by atoms with van der Waals surface area (Å²) in [6, 6.07) is 0.471. The molecule has 2 rings (SSSR count). The number of hydrogen-bond acceptors (Lipinski definition) is 3. The molecule has 4 nitrogen and oxygen atoms in total. The number of rotatable bonds is 7. The van der Waals surface area contributed by atoms with Crippen LogP contribution in [0.3, 0.4) is 0 Å². The molecule has 1 aromatic heterocycles.